The first-order valence-electron chi connectivity index (χ1n) is 4.68. The van der Waals surface area contributed by atoms with Gasteiger partial charge in [-0.15, -0.1) is 6.42 Å². The van der Waals surface area contributed by atoms with Gasteiger partial charge in [-0.3, -0.25) is 0 Å². The lowest BCUT2D eigenvalue weighted by molar-refractivity contribution is -0.134. The van der Waals surface area contributed by atoms with E-state index in [-0.39, 0.29) is 12.6 Å². The molecule has 0 fully saturated rings. The minimum Gasteiger partial charge on any atom is -0.481 e. The summed E-state index contributed by atoms with van der Waals surface area (Å²) < 4.78 is 9.68. The second kappa shape index (κ2) is 6.31. The van der Waals surface area contributed by atoms with Gasteiger partial charge in [-0.2, -0.15) is 0 Å². The Morgan fingerprint density at radius 3 is 2.69 bits per heavy atom. The van der Waals surface area contributed by atoms with Crippen molar-refractivity contribution < 1.29 is 14.3 Å². The lowest BCUT2D eigenvalue weighted by Gasteiger charge is -2.01. The Kier molecular flexibility index (Phi) is 4.68. The highest BCUT2D eigenvalue weighted by atomic mass is 16.5. The van der Waals surface area contributed by atoms with Gasteiger partial charge in [0.25, 0.3) is 0 Å². The van der Waals surface area contributed by atoms with Crippen molar-refractivity contribution in [3.63, 3.8) is 0 Å². The Labute approximate surface area is 94.7 Å². The number of carbonyl (C=O) groups excluding carboxylic acids is 1. The second-order valence-electron chi connectivity index (χ2n) is 2.92. The molecule has 0 spiro atoms. The Bertz CT molecular complexity index is 410. The third kappa shape index (κ3) is 3.89. The van der Waals surface area contributed by atoms with Gasteiger partial charge >= 0.3 is 5.97 Å². The zero-order chi connectivity index (χ0) is 11.8. The molecule has 0 aliphatic heterocycles. The molecule has 0 heterocycles. The summed E-state index contributed by atoms with van der Waals surface area (Å²) in [6.07, 6.45) is 8.09. The van der Waals surface area contributed by atoms with E-state index in [2.05, 4.69) is 10.7 Å². The number of terminal acetylenes is 1. The quantitative estimate of drug-likeness (QED) is 0.438. The topological polar surface area (TPSA) is 35.5 Å². The molecule has 0 aliphatic carbocycles. The van der Waals surface area contributed by atoms with E-state index in [1.54, 1.807) is 18.2 Å². The molecule has 0 bridgehead atoms. The summed E-state index contributed by atoms with van der Waals surface area (Å²) in [5.41, 5.74) is 0.887. The molecule has 1 aromatic rings. The molecule has 0 radical (unpaired) electrons. The van der Waals surface area contributed by atoms with E-state index >= 15 is 0 Å². The number of methoxy groups -OCH3 is 1. The Balaban J connectivity index is 2.61. The van der Waals surface area contributed by atoms with Crippen molar-refractivity contribution in [1.82, 2.24) is 0 Å². The standard InChI is InChI=1S/C13H12O3/c1-3-10-16-12-7-4-11(5-8-12)6-9-13(14)15-2/h1,4-9H,10H2,2H3. The van der Waals surface area contributed by atoms with Crippen molar-refractivity contribution in [3.8, 4) is 18.1 Å². The number of hydrogen-bond donors (Lipinski definition) is 0. The summed E-state index contributed by atoms with van der Waals surface area (Å²) in [5.74, 6) is 2.70. The normalized spacial score (nSPS) is 9.75. The van der Waals surface area contributed by atoms with Crippen molar-refractivity contribution in [2.45, 2.75) is 0 Å². The number of benzene rings is 1. The first-order chi connectivity index (χ1) is 7.76. The van der Waals surface area contributed by atoms with Gasteiger partial charge in [0.05, 0.1) is 7.11 Å². The van der Waals surface area contributed by atoms with E-state index in [1.165, 1.54) is 13.2 Å². The van der Waals surface area contributed by atoms with Crippen LogP contribution in [0.1, 0.15) is 5.56 Å². The Morgan fingerprint density at radius 2 is 2.12 bits per heavy atom. The molecule has 82 valence electrons. The van der Waals surface area contributed by atoms with Gasteiger partial charge in [0.2, 0.25) is 0 Å². The molecule has 0 atom stereocenters. The molecule has 16 heavy (non-hydrogen) atoms. The molecule has 3 nitrogen and oxygen atoms in total. The van der Waals surface area contributed by atoms with E-state index < -0.39 is 0 Å². The number of carbonyl (C=O) groups is 1. The SMILES string of the molecule is C#CCOc1ccc(C=CC(=O)OC)cc1. The van der Waals surface area contributed by atoms with Crippen molar-refractivity contribution in [2.75, 3.05) is 13.7 Å². The van der Waals surface area contributed by atoms with Crippen LogP contribution in [0.5, 0.6) is 5.75 Å². The highest BCUT2D eigenvalue weighted by Crippen LogP contribution is 2.12. The van der Waals surface area contributed by atoms with Crippen molar-refractivity contribution in [3.05, 3.63) is 35.9 Å². The average Bonchev–Trinajstić information content (AvgIpc) is 2.34. The lowest BCUT2D eigenvalue weighted by atomic mass is 10.2. The first-order valence-corrected chi connectivity index (χ1v) is 4.68. The molecule has 0 aliphatic rings. The van der Waals surface area contributed by atoms with Gasteiger partial charge in [0, 0.05) is 6.08 Å². The zero-order valence-electron chi connectivity index (χ0n) is 8.97. The number of esters is 1. The molecular formula is C13H12O3. The van der Waals surface area contributed by atoms with E-state index in [0.29, 0.717) is 5.75 Å². The van der Waals surface area contributed by atoms with Gasteiger partial charge < -0.3 is 9.47 Å². The summed E-state index contributed by atoms with van der Waals surface area (Å²) >= 11 is 0. The summed E-state index contributed by atoms with van der Waals surface area (Å²) in [4.78, 5) is 10.8. The maximum absolute atomic E-state index is 10.8. The fourth-order valence-corrected chi connectivity index (χ4v) is 1.03. The molecule has 0 saturated carbocycles. The van der Waals surface area contributed by atoms with Gasteiger partial charge in [0.15, 0.2) is 0 Å². The highest BCUT2D eigenvalue weighted by Gasteiger charge is 1.94. The number of ether oxygens (including phenoxy) is 2. The summed E-state index contributed by atoms with van der Waals surface area (Å²) in [6, 6.07) is 7.22. The minimum atomic E-state index is -0.382. The van der Waals surface area contributed by atoms with Crippen LogP contribution >= 0.6 is 0 Å². The van der Waals surface area contributed by atoms with Crippen LogP contribution in [0.25, 0.3) is 6.08 Å². The predicted molar refractivity (Wildman–Crippen MR) is 61.8 cm³/mol. The van der Waals surface area contributed by atoms with Gasteiger partial charge in [0.1, 0.15) is 12.4 Å². The third-order valence-corrected chi connectivity index (χ3v) is 1.82. The van der Waals surface area contributed by atoms with Gasteiger partial charge in [-0.05, 0) is 23.8 Å². The van der Waals surface area contributed by atoms with Crippen LogP contribution in [0.4, 0.5) is 0 Å². The van der Waals surface area contributed by atoms with E-state index in [4.69, 9.17) is 11.2 Å². The van der Waals surface area contributed by atoms with Crippen LogP contribution < -0.4 is 4.74 Å². The molecule has 0 aromatic heterocycles. The number of hydrogen-bond acceptors (Lipinski definition) is 3. The summed E-state index contributed by atoms with van der Waals surface area (Å²) in [6.45, 7) is 0.247. The van der Waals surface area contributed by atoms with E-state index in [1.807, 2.05) is 12.1 Å². The fraction of sp³-hybridized carbons (Fsp3) is 0.154. The first kappa shape index (κ1) is 11.9. The molecule has 3 heteroatoms. The van der Waals surface area contributed by atoms with Crippen LogP contribution in [0.2, 0.25) is 0 Å². The minimum absolute atomic E-state index is 0.247. The molecule has 0 amide bonds. The molecule has 1 rings (SSSR count). The van der Waals surface area contributed by atoms with E-state index in [9.17, 15) is 4.79 Å². The summed E-state index contributed by atoms with van der Waals surface area (Å²) in [7, 11) is 1.34. The van der Waals surface area contributed by atoms with E-state index in [0.717, 1.165) is 5.56 Å². The predicted octanol–water partition coefficient (Wildman–Crippen LogP) is 1.88. The summed E-state index contributed by atoms with van der Waals surface area (Å²) in [5, 5.41) is 0. The molecule has 0 saturated heterocycles. The zero-order valence-corrected chi connectivity index (χ0v) is 8.97. The highest BCUT2D eigenvalue weighted by molar-refractivity contribution is 5.86. The molecule has 1 aromatic carbocycles. The van der Waals surface area contributed by atoms with Crippen molar-refractivity contribution >= 4 is 12.0 Å². The maximum atomic E-state index is 10.8. The van der Waals surface area contributed by atoms with Gasteiger partial charge in [-0.1, -0.05) is 18.1 Å². The van der Waals surface area contributed by atoms with Crippen LogP contribution in [0, 0.1) is 12.3 Å². The molecule has 0 N–H and O–H groups in total. The fourth-order valence-electron chi connectivity index (χ4n) is 1.03. The Hall–Kier alpha value is -2.21. The second-order valence-corrected chi connectivity index (χ2v) is 2.92. The maximum Gasteiger partial charge on any atom is 0.330 e. The average molecular weight is 216 g/mol. The lowest BCUT2D eigenvalue weighted by Crippen LogP contribution is -1.94. The van der Waals surface area contributed by atoms with Crippen LogP contribution in [0.15, 0.2) is 30.3 Å². The van der Waals surface area contributed by atoms with Crippen molar-refractivity contribution in [1.29, 1.82) is 0 Å². The monoisotopic (exact) mass is 216 g/mol. The van der Waals surface area contributed by atoms with Crippen molar-refractivity contribution in [2.24, 2.45) is 0 Å². The van der Waals surface area contributed by atoms with Crippen LogP contribution in [0.3, 0.4) is 0 Å². The third-order valence-electron chi connectivity index (χ3n) is 1.82. The molecular weight excluding hydrogens is 204 g/mol. The largest absolute Gasteiger partial charge is 0.481 e. The Morgan fingerprint density at radius 1 is 1.44 bits per heavy atom. The smallest absolute Gasteiger partial charge is 0.330 e. The van der Waals surface area contributed by atoms with Crippen LogP contribution in [-0.4, -0.2) is 19.7 Å². The van der Waals surface area contributed by atoms with Crippen LogP contribution in [-0.2, 0) is 9.53 Å². The number of rotatable bonds is 4. The van der Waals surface area contributed by atoms with Gasteiger partial charge in [-0.25, -0.2) is 4.79 Å². The molecule has 0 unspecified atom stereocenters.